The molecule has 1 aliphatic heterocycles. The first-order chi connectivity index (χ1) is 14.3. The zero-order valence-electron chi connectivity index (χ0n) is 16.6. The predicted molar refractivity (Wildman–Crippen MR) is 114 cm³/mol. The lowest BCUT2D eigenvalue weighted by atomic mass is 10.1. The van der Waals surface area contributed by atoms with Gasteiger partial charge in [-0.05, 0) is 36.6 Å². The van der Waals surface area contributed by atoms with Gasteiger partial charge < -0.3 is 10.0 Å². The van der Waals surface area contributed by atoms with Gasteiger partial charge in [-0.15, -0.1) is 0 Å². The molecule has 2 N–H and O–H groups in total. The minimum absolute atomic E-state index is 0.0365. The molecule has 1 unspecified atom stereocenters. The van der Waals surface area contributed by atoms with Gasteiger partial charge in [-0.1, -0.05) is 42.5 Å². The van der Waals surface area contributed by atoms with Crippen molar-refractivity contribution < 1.29 is 18.3 Å². The van der Waals surface area contributed by atoms with Crippen LogP contribution in [0.5, 0.6) is 5.75 Å². The number of amides is 1. The number of aromatic nitrogens is 2. The third-order valence-electron chi connectivity index (χ3n) is 5.43. The Morgan fingerprint density at radius 2 is 1.97 bits per heavy atom. The van der Waals surface area contributed by atoms with Crippen molar-refractivity contribution in [3.05, 3.63) is 71.4 Å². The van der Waals surface area contributed by atoms with Gasteiger partial charge >= 0.3 is 0 Å². The van der Waals surface area contributed by atoms with E-state index >= 15 is 0 Å². The summed E-state index contributed by atoms with van der Waals surface area (Å²) in [5.74, 6) is -0.148. The van der Waals surface area contributed by atoms with Crippen molar-refractivity contribution in [3.63, 3.8) is 0 Å². The van der Waals surface area contributed by atoms with Crippen LogP contribution in [0.4, 0.5) is 0 Å². The monoisotopic (exact) mass is 425 g/mol. The Kier molecular flexibility index (Phi) is 5.34. The zero-order valence-corrected chi connectivity index (χ0v) is 17.4. The minimum atomic E-state index is -3.15. The zero-order chi connectivity index (χ0) is 21.3. The molecule has 0 spiro atoms. The Labute approximate surface area is 175 Å². The minimum Gasteiger partial charge on any atom is -0.507 e. The fourth-order valence-electron chi connectivity index (χ4n) is 3.76. The molecule has 156 valence electrons. The summed E-state index contributed by atoms with van der Waals surface area (Å²) in [5.41, 5.74) is 2.88. The van der Waals surface area contributed by atoms with E-state index in [0.717, 1.165) is 5.56 Å². The second-order valence-electron chi connectivity index (χ2n) is 7.61. The van der Waals surface area contributed by atoms with E-state index in [1.165, 1.54) is 0 Å². The highest BCUT2D eigenvalue weighted by Crippen LogP contribution is 2.31. The summed E-state index contributed by atoms with van der Waals surface area (Å²) in [7, 11) is -3.15. The van der Waals surface area contributed by atoms with Crippen molar-refractivity contribution in [1.82, 2.24) is 15.1 Å². The van der Waals surface area contributed by atoms with Crippen LogP contribution in [0.15, 0.2) is 54.6 Å². The van der Waals surface area contributed by atoms with Gasteiger partial charge in [0, 0.05) is 18.2 Å². The fraction of sp³-hybridized carbons (Fsp3) is 0.273. The van der Waals surface area contributed by atoms with Crippen LogP contribution in [0.2, 0.25) is 0 Å². The summed E-state index contributed by atoms with van der Waals surface area (Å²) in [6, 6.07) is 16.0. The number of phenols is 1. The number of rotatable bonds is 5. The first-order valence-corrected chi connectivity index (χ1v) is 11.6. The number of hydrogen-bond acceptors (Lipinski definition) is 5. The fourth-order valence-corrected chi connectivity index (χ4v) is 5.49. The van der Waals surface area contributed by atoms with Crippen LogP contribution in [-0.2, 0) is 16.4 Å². The topological polar surface area (TPSA) is 103 Å². The average molecular weight is 426 g/mol. The Hall–Kier alpha value is -3.13. The number of H-pyrrole nitrogens is 1. The molecule has 1 aromatic heterocycles. The van der Waals surface area contributed by atoms with Crippen LogP contribution < -0.4 is 0 Å². The Morgan fingerprint density at radius 1 is 1.20 bits per heavy atom. The number of nitrogens with zero attached hydrogens (tertiary/aromatic N) is 2. The predicted octanol–water partition coefficient (Wildman–Crippen LogP) is 2.92. The van der Waals surface area contributed by atoms with Crippen molar-refractivity contribution in [1.29, 1.82) is 0 Å². The van der Waals surface area contributed by atoms with E-state index in [9.17, 15) is 18.3 Å². The first-order valence-electron chi connectivity index (χ1n) is 9.74. The number of carbonyl (C=O) groups excluding carboxylic acids is 1. The quantitative estimate of drug-likeness (QED) is 0.654. The summed E-state index contributed by atoms with van der Waals surface area (Å²) >= 11 is 0. The first kappa shape index (κ1) is 20.2. The molecule has 0 saturated carbocycles. The number of nitrogens with one attached hydrogen (secondary N) is 1. The molecule has 0 bridgehead atoms. The smallest absolute Gasteiger partial charge is 0.272 e. The average Bonchev–Trinajstić information content (AvgIpc) is 3.35. The number of phenolic OH excluding ortho intramolecular Hbond substituents is 1. The highest BCUT2D eigenvalue weighted by Gasteiger charge is 2.35. The van der Waals surface area contributed by atoms with Crippen LogP contribution >= 0.6 is 0 Å². The van der Waals surface area contributed by atoms with Gasteiger partial charge in [-0.3, -0.25) is 9.89 Å². The second kappa shape index (κ2) is 7.95. The summed E-state index contributed by atoms with van der Waals surface area (Å²) < 4.78 is 24.1. The van der Waals surface area contributed by atoms with Crippen molar-refractivity contribution in [2.24, 2.45) is 0 Å². The van der Waals surface area contributed by atoms with Gasteiger partial charge in [0.15, 0.2) is 9.84 Å². The SMILES string of the molecule is Cc1cccc(-c2cc(C(=O)N(Cc3ccccc3)C3CCS(=O)(=O)C3)[nH]n2)c1O. The molecule has 3 aromatic rings. The number of benzene rings is 2. The maximum absolute atomic E-state index is 13.3. The Bertz CT molecular complexity index is 1170. The maximum atomic E-state index is 13.3. The Balaban J connectivity index is 1.65. The van der Waals surface area contributed by atoms with Gasteiger partial charge in [0.1, 0.15) is 11.4 Å². The normalized spacial score (nSPS) is 17.7. The van der Waals surface area contributed by atoms with Gasteiger partial charge in [0.2, 0.25) is 0 Å². The standard InChI is InChI=1S/C22H23N3O4S/c1-15-6-5-9-18(21(15)26)19-12-20(24-23-19)22(27)25(13-16-7-3-2-4-8-16)17-10-11-30(28,29)14-17/h2-9,12,17,26H,10-11,13-14H2,1H3,(H,23,24). The van der Waals surface area contributed by atoms with Crippen molar-refractivity contribution in [3.8, 4) is 17.0 Å². The molecule has 1 fully saturated rings. The second-order valence-corrected chi connectivity index (χ2v) is 9.84. The summed E-state index contributed by atoms with van der Waals surface area (Å²) in [5, 5.41) is 17.3. The summed E-state index contributed by atoms with van der Waals surface area (Å²) in [6.07, 6.45) is 0.417. The maximum Gasteiger partial charge on any atom is 0.272 e. The van der Waals surface area contributed by atoms with Crippen LogP contribution in [0.1, 0.15) is 28.0 Å². The largest absolute Gasteiger partial charge is 0.507 e. The number of carbonyl (C=O) groups is 1. The van der Waals surface area contributed by atoms with E-state index in [0.29, 0.717) is 29.8 Å². The number of aromatic amines is 1. The van der Waals surface area contributed by atoms with Crippen LogP contribution in [-0.4, -0.2) is 52.1 Å². The van der Waals surface area contributed by atoms with E-state index in [-0.39, 0.29) is 34.9 Å². The van der Waals surface area contributed by atoms with Gasteiger partial charge in [-0.2, -0.15) is 5.10 Å². The number of aromatic hydroxyl groups is 1. The highest BCUT2D eigenvalue weighted by atomic mass is 32.2. The van der Waals surface area contributed by atoms with E-state index in [1.807, 2.05) is 36.4 Å². The molecule has 1 amide bonds. The Morgan fingerprint density at radius 3 is 2.67 bits per heavy atom. The van der Waals surface area contributed by atoms with Gasteiger partial charge in [0.05, 0.1) is 17.2 Å². The van der Waals surface area contributed by atoms with Crippen molar-refractivity contribution in [2.45, 2.75) is 25.9 Å². The number of hydrogen-bond donors (Lipinski definition) is 2. The van der Waals surface area contributed by atoms with Crippen molar-refractivity contribution >= 4 is 15.7 Å². The van der Waals surface area contributed by atoms with E-state index in [1.54, 1.807) is 30.0 Å². The third kappa shape index (κ3) is 4.09. The number of sulfone groups is 1. The summed E-state index contributed by atoms with van der Waals surface area (Å²) in [4.78, 5) is 14.9. The van der Waals surface area contributed by atoms with E-state index in [2.05, 4.69) is 10.2 Å². The lowest BCUT2D eigenvalue weighted by Crippen LogP contribution is -2.40. The number of aryl methyl sites for hydroxylation is 1. The van der Waals surface area contributed by atoms with E-state index in [4.69, 9.17) is 0 Å². The molecular formula is C22H23N3O4S. The molecule has 0 radical (unpaired) electrons. The van der Waals surface area contributed by atoms with Gasteiger partial charge in [0.25, 0.3) is 5.91 Å². The molecule has 8 heteroatoms. The summed E-state index contributed by atoms with van der Waals surface area (Å²) in [6.45, 7) is 2.10. The number of para-hydroxylation sites is 1. The molecule has 2 heterocycles. The molecule has 4 rings (SSSR count). The lowest BCUT2D eigenvalue weighted by molar-refractivity contribution is 0.0675. The highest BCUT2D eigenvalue weighted by molar-refractivity contribution is 7.91. The van der Waals surface area contributed by atoms with Crippen molar-refractivity contribution in [2.75, 3.05) is 11.5 Å². The molecule has 2 aromatic carbocycles. The molecule has 1 atom stereocenters. The third-order valence-corrected chi connectivity index (χ3v) is 7.18. The van der Waals surface area contributed by atoms with Crippen LogP contribution in [0, 0.1) is 6.92 Å². The van der Waals surface area contributed by atoms with E-state index < -0.39 is 9.84 Å². The molecule has 1 saturated heterocycles. The van der Waals surface area contributed by atoms with Crippen LogP contribution in [0.25, 0.3) is 11.3 Å². The molecule has 0 aliphatic carbocycles. The van der Waals surface area contributed by atoms with Crippen LogP contribution in [0.3, 0.4) is 0 Å². The van der Waals surface area contributed by atoms with Gasteiger partial charge in [-0.25, -0.2) is 8.42 Å². The molecule has 7 nitrogen and oxygen atoms in total. The lowest BCUT2D eigenvalue weighted by Gasteiger charge is -2.28. The molecule has 30 heavy (non-hydrogen) atoms. The molecule has 1 aliphatic rings. The molecular weight excluding hydrogens is 402 g/mol.